The van der Waals surface area contributed by atoms with Gasteiger partial charge in [-0.2, -0.15) is 8.78 Å². The number of ether oxygens (including phenoxy) is 3. The van der Waals surface area contributed by atoms with E-state index in [1.165, 1.54) is 19.4 Å². The highest BCUT2D eigenvalue weighted by atomic mass is 19.3. The minimum atomic E-state index is -3.16. The highest BCUT2D eigenvalue weighted by molar-refractivity contribution is 6.01. The first-order chi connectivity index (χ1) is 19.2. The molecule has 2 aliphatic rings. The summed E-state index contributed by atoms with van der Waals surface area (Å²) in [6, 6.07) is 5.65. The molecule has 3 heterocycles. The van der Waals surface area contributed by atoms with Crippen LogP contribution in [0.5, 0.6) is 17.2 Å². The average molecular weight is 569 g/mol. The maximum absolute atomic E-state index is 14.1. The molecule has 2 atom stereocenters. The molecule has 1 amide bonds. The summed E-state index contributed by atoms with van der Waals surface area (Å²) in [5.74, 6) is -0.419. The molecule has 1 aliphatic carbocycles. The number of aromatic nitrogens is 2. The molecule has 2 fully saturated rings. The van der Waals surface area contributed by atoms with Gasteiger partial charge in [0.1, 0.15) is 35.1 Å². The van der Waals surface area contributed by atoms with Crippen molar-refractivity contribution >= 4 is 11.6 Å². The van der Waals surface area contributed by atoms with Gasteiger partial charge in [0.2, 0.25) is 6.30 Å². The van der Waals surface area contributed by atoms with Crippen molar-refractivity contribution in [1.29, 1.82) is 0 Å². The topological polar surface area (TPSA) is 77.3 Å². The van der Waals surface area contributed by atoms with Gasteiger partial charge in [0.05, 0.1) is 19.0 Å². The fraction of sp³-hybridized carbons (Fsp3) is 0.481. The van der Waals surface area contributed by atoms with E-state index in [4.69, 9.17) is 14.2 Å². The second-order valence-electron chi connectivity index (χ2n) is 9.82. The Morgan fingerprint density at radius 3 is 2.58 bits per heavy atom. The van der Waals surface area contributed by atoms with E-state index in [0.717, 1.165) is 24.2 Å². The molecule has 3 aromatic rings. The Morgan fingerprint density at radius 1 is 1.10 bits per heavy atom. The number of piperidine rings is 1. The third kappa shape index (κ3) is 6.08. The fourth-order valence-electron chi connectivity index (χ4n) is 4.93. The Bertz CT molecular complexity index is 1350. The second kappa shape index (κ2) is 11.9. The van der Waals surface area contributed by atoms with Crippen molar-refractivity contribution in [3.63, 3.8) is 0 Å². The summed E-state index contributed by atoms with van der Waals surface area (Å²) in [7, 11) is 1.33. The standard InChI is InChI=1S/C27H29F5N4O4/c1-38-20-10-15(11-21(40-27(31)32)23(20)26(37)34-16-5-6-16)19-13-33-22-12-18(7-9-36(19)22)39-14-17-4-2-3-8-35(17)25(30)24(28)29/h7,9-13,16-17,24-25,27H,2-6,8,14H2,1H3,(H,34,37). The van der Waals surface area contributed by atoms with Crippen molar-refractivity contribution in [3.05, 3.63) is 42.2 Å². The Kier molecular flexibility index (Phi) is 8.29. The van der Waals surface area contributed by atoms with E-state index in [-0.39, 0.29) is 36.3 Å². The smallest absolute Gasteiger partial charge is 0.387 e. The summed E-state index contributed by atoms with van der Waals surface area (Å²) in [4.78, 5) is 18.3. The molecule has 0 bridgehead atoms. The number of halogens is 5. The Hall–Kier alpha value is -3.61. The fourth-order valence-corrected chi connectivity index (χ4v) is 4.93. The van der Waals surface area contributed by atoms with E-state index in [2.05, 4.69) is 10.3 Å². The highest BCUT2D eigenvalue weighted by Crippen LogP contribution is 2.37. The summed E-state index contributed by atoms with van der Waals surface area (Å²) in [6.45, 7) is -2.89. The normalized spacial score (nSPS) is 18.8. The summed E-state index contributed by atoms with van der Waals surface area (Å²) >= 11 is 0. The number of methoxy groups -OCH3 is 1. The quantitative estimate of drug-likeness (QED) is 0.250. The van der Waals surface area contributed by atoms with E-state index in [1.807, 2.05) is 0 Å². The van der Waals surface area contributed by atoms with Crippen molar-refractivity contribution in [2.24, 2.45) is 0 Å². The van der Waals surface area contributed by atoms with Crippen molar-refractivity contribution < 1.29 is 41.0 Å². The largest absolute Gasteiger partial charge is 0.496 e. The van der Waals surface area contributed by atoms with Crippen molar-refractivity contribution in [1.82, 2.24) is 19.6 Å². The van der Waals surface area contributed by atoms with Gasteiger partial charge < -0.3 is 19.5 Å². The van der Waals surface area contributed by atoms with Gasteiger partial charge in [0.25, 0.3) is 12.3 Å². The monoisotopic (exact) mass is 568 g/mol. The van der Waals surface area contributed by atoms with Crippen LogP contribution >= 0.6 is 0 Å². The first-order valence-corrected chi connectivity index (χ1v) is 13.0. The third-order valence-electron chi connectivity index (χ3n) is 7.06. The van der Waals surface area contributed by atoms with Crippen LogP contribution < -0.4 is 19.5 Å². The molecule has 8 nitrogen and oxygen atoms in total. The number of benzene rings is 1. The molecule has 1 aliphatic heterocycles. The summed E-state index contributed by atoms with van der Waals surface area (Å²) in [6.07, 6.45) is 1.35. The number of fused-ring (bicyclic) bond motifs is 1. The maximum Gasteiger partial charge on any atom is 0.387 e. The van der Waals surface area contributed by atoms with Crippen LogP contribution in [0.2, 0.25) is 0 Å². The van der Waals surface area contributed by atoms with Crippen LogP contribution in [0, 0.1) is 0 Å². The SMILES string of the molecule is COc1cc(-c2cnc3cc(OCC4CCCCN4C(F)C(F)F)ccn23)cc(OC(F)F)c1C(=O)NC1CC1. The first-order valence-electron chi connectivity index (χ1n) is 13.0. The second-order valence-corrected chi connectivity index (χ2v) is 9.82. The van der Waals surface area contributed by atoms with Crippen LogP contribution in [0.15, 0.2) is 36.7 Å². The van der Waals surface area contributed by atoms with E-state index >= 15 is 0 Å². The zero-order valence-electron chi connectivity index (χ0n) is 21.7. The molecule has 5 rings (SSSR count). The van der Waals surface area contributed by atoms with E-state index in [9.17, 15) is 26.7 Å². The lowest BCUT2D eigenvalue weighted by Crippen LogP contribution is -2.49. The molecule has 2 aromatic heterocycles. The van der Waals surface area contributed by atoms with Gasteiger partial charge in [-0.25, -0.2) is 18.2 Å². The molecular weight excluding hydrogens is 539 g/mol. The number of hydrogen-bond acceptors (Lipinski definition) is 6. The van der Waals surface area contributed by atoms with Crippen LogP contribution in [0.4, 0.5) is 22.0 Å². The molecule has 1 saturated heterocycles. The van der Waals surface area contributed by atoms with E-state index in [0.29, 0.717) is 35.5 Å². The Labute approximate surface area is 227 Å². The summed E-state index contributed by atoms with van der Waals surface area (Å²) in [5, 5.41) is 2.76. The lowest BCUT2D eigenvalue weighted by atomic mass is 10.0. The number of pyridine rings is 1. The zero-order chi connectivity index (χ0) is 28.4. The number of hydrogen-bond donors (Lipinski definition) is 1. The first kappa shape index (κ1) is 27.9. The molecule has 216 valence electrons. The molecule has 40 heavy (non-hydrogen) atoms. The van der Waals surface area contributed by atoms with Crippen molar-refractivity contribution in [3.8, 4) is 28.5 Å². The number of carbonyl (C=O) groups is 1. The predicted molar refractivity (Wildman–Crippen MR) is 135 cm³/mol. The lowest BCUT2D eigenvalue weighted by Gasteiger charge is -2.37. The zero-order valence-corrected chi connectivity index (χ0v) is 21.7. The summed E-state index contributed by atoms with van der Waals surface area (Å²) in [5.41, 5.74) is 1.25. The third-order valence-corrected chi connectivity index (χ3v) is 7.06. The Balaban J connectivity index is 1.39. The molecule has 0 radical (unpaired) electrons. The number of rotatable bonds is 11. The van der Waals surface area contributed by atoms with Gasteiger partial charge in [-0.1, -0.05) is 6.42 Å². The minimum Gasteiger partial charge on any atom is -0.496 e. The minimum absolute atomic E-state index is 0.00429. The molecule has 2 unspecified atom stereocenters. The molecule has 0 spiro atoms. The molecule has 1 aromatic carbocycles. The van der Waals surface area contributed by atoms with Crippen molar-refractivity contribution in [2.45, 2.75) is 63.5 Å². The van der Waals surface area contributed by atoms with Gasteiger partial charge in [-0.3, -0.25) is 14.1 Å². The average Bonchev–Trinajstić information content (AvgIpc) is 3.65. The number of imidazole rings is 1. The maximum atomic E-state index is 14.1. The van der Waals surface area contributed by atoms with Crippen LogP contribution in [0.3, 0.4) is 0 Å². The number of nitrogens with zero attached hydrogens (tertiary/aromatic N) is 3. The predicted octanol–water partition coefficient (Wildman–Crippen LogP) is 5.30. The highest BCUT2D eigenvalue weighted by Gasteiger charge is 2.35. The van der Waals surface area contributed by atoms with Crippen LogP contribution in [-0.4, -0.2) is 71.9 Å². The Morgan fingerprint density at radius 2 is 1.88 bits per heavy atom. The molecule has 1 saturated carbocycles. The molecule has 1 N–H and O–H groups in total. The molecule has 13 heteroatoms. The van der Waals surface area contributed by atoms with Gasteiger partial charge in [-0.05, 0) is 43.9 Å². The van der Waals surface area contributed by atoms with Crippen LogP contribution in [0.25, 0.3) is 16.9 Å². The van der Waals surface area contributed by atoms with Crippen LogP contribution in [-0.2, 0) is 0 Å². The van der Waals surface area contributed by atoms with E-state index < -0.39 is 31.3 Å². The van der Waals surface area contributed by atoms with E-state index in [1.54, 1.807) is 28.8 Å². The number of likely N-dealkylation sites (tertiary alicyclic amines) is 1. The number of nitrogens with one attached hydrogen (secondary N) is 1. The number of carbonyl (C=O) groups excluding carboxylic acids is 1. The van der Waals surface area contributed by atoms with Gasteiger partial charge in [0, 0.05) is 36.5 Å². The molecular formula is C27H29F5N4O4. The van der Waals surface area contributed by atoms with Gasteiger partial charge in [0.15, 0.2) is 0 Å². The van der Waals surface area contributed by atoms with Gasteiger partial charge >= 0.3 is 6.61 Å². The number of amides is 1. The van der Waals surface area contributed by atoms with Crippen molar-refractivity contribution in [2.75, 3.05) is 20.3 Å². The van der Waals surface area contributed by atoms with Gasteiger partial charge in [-0.15, -0.1) is 0 Å². The van der Waals surface area contributed by atoms with Crippen LogP contribution in [0.1, 0.15) is 42.5 Å². The number of alkyl halides is 5. The lowest BCUT2D eigenvalue weighted by molar-refractivity contribution is -0.0846. The summed E-state index contributed by atoms with van der Waals surface area (Å²) < 4.78 is 84.2.